The molecule has 0 heterocycles. The van der Waals surface area contributed by atoms with E-state index in [9.17, 15) is 0 Å². The average Bonchev–Trinajstić information content (AvgIpc) is 2.24. The van der Waals surface area contributed by atoms with E-state index in [1.807, 2.05) is 0 Å². The molecule has 4 heteroatoms. The summed E-state index contributed by atoms with van der Waals surface area (Å²) in [6, 6.07) is 0. The molecule has 0 aliphatic heterocycles. The Morgan fingerprint density at radius 2 is 0.778 bits per heavy atom. The van der Waals surface area contributed by atoms with Gasteiger partial charge in [-0.05, 0) is 0 Å². The Morgan fingerprint density at radius 1 is 0.611 bits per heavy atom. The Morgan fingerprint density at radius 3 is 0.889 bits per heavy atom. The summed E-state index contributed by atoms with van der Waals surface area (Å²) in [4.78, 5) is 0. The van der Waals surface area contributed by atoms with Gasteiger partial charge in [-0.25, -0.2) is 0 Å². The predicted molar refractivity (Wildman–Crippen MR) is 95.2 cm³/mol. The first-order valence-corrected chi connectivity index (χ1v) is 17.3. The second kappa shape index (κ2) is 6.60. The molecule has 0 unspecified atom stereocenters. The standard InChI is InChI=1S/C14H34ClSi3/c1-11(2)17(9,12(3)4)16(15)18(10,13(5)6)14(7)8/h11-14H,1-10H3. The van der Waals surface area contributed by atoms with E-state index in [0.717, 1.165) is 22.2 Å². The van der Waals surface area contributed by atoms with Crippen molar-refractivity contribution in [1.29, 1.82) is 0 Å². The molecule has 0 rings (SSSR count). The molecule has 0 N–H and O–H groups in total. The van der Waals surface area contributed by atoms with Crippen LogP contribution in [0.4, 0.5) is 0 Å². The van der Waals surface area contributed by atoms with Crippen LogP contribution in [0.1, 0.15) is 55.4 Å². The smallest absolute Gasteiger partial charge is 0.145 e. The largest absolute Gasteiger partial charge is 0.176 e. The topological polar surface area (TPSA) is 0 Å². The van der Waals surface area contributed by atoms with Crippen molar-refractivity contribution in [3.8, 4) is 0 Å². The van der Waals surface area contributed by atoms with Gasteiger partial charge in [0.15, 0.2) is 0 Å². The van der Waals surface area contributed by atoms with Crippen LogP contribution >= 0.6 is 11.1 Å². The van der Waals surface area contributed by atoms with E-state index in [1.54, 1.807) is 0 Å². The summed E-state index contributed by atoms with van der Waals surface area (Å²) in [6.07, 6.45) is 0. The third-order valence-corrected chi connectivity index (χ3v) is 46.9. The molecule has 0 bridgehead atoms. The number of hydrogen-bond acceptors (Lipinski definition) is 0. The van der Waals surface area contributed by atoms with Crippen LogP contribution in [0.2, 0.25) is 35.3 Å². The first kappa shape index (κ1) is 18.9. The summed E-state index contributed by atoms with van der Waals surface area (Å²) in [6.45, 7) is 24.6. The lowest BCUT2D eigenvalue weighted by molar-refractivity contribution is 0.915. The molecule has 0 saturated carbocycles. The van der Waals surface area contributed by atoms with Gasteiger partial charge in [0.2, 0.25) is 0 Å². The molecule has 0 aromatic carbocycles. The van der Waals surface area contributed by atoms with Gasteiger partial charge < -0.3 is 0 Å². The Balaban J connectivity index is 5.63. The molecule has 0 aromatic rings. The van der Waals surface area contributed by atoms with Crippen molar-refractivity contribution in [1.82, 2.24) is 0 Å². The maximum absolute atomic E-state index is 7.30. The van der Waals surface area contributed by atoms with Gasteiger partial charge >= 0.3 is 0 Å². The number of hydrogen-bond donors (Lipinski definition) is 0. The zero-order valence-corrected chi connectivity index (χ0v) is 17.9. The summed E-state index contributed by atoms with van der Waals surface area (Å²) in [5.74, 6) is 0. The summed E-state index contributed by atoms with van der Waals surface area (Å²) in [5, 5.41) is 0. The van der Waals surface area contributed by atoms with Crippen molar-refractivity contribution in [2.24, 2.45) is 0 Å². The lowest BCUT2D eigenvalue weighted by Crippen LogP contribution is -2.66. The maximum atomic E-state index is 7.30. The lowest BCUT2D eigenvalue weighted by Gasteiger charge is -2.49. The fourth-order valence-electron chi connectivity index (χ4n) is 2.93. The van der Waals surface area contributed by atoms with Crippen LogP contribution in [0, 0.1) is 0 Å². The van der Waals surface area contributed by atoms with Gasteiger partial charge in [0.1, 0.15) is 7.14 Å². The third-order valence-electron chi connectivity index (χ3n) is 5.74. The Hall–Kier alpha value is 0.941. The van der Waals surface area contributed by atoms with Crippen LogP contribution in [-0.4, -0.2) is 22.3 Å². The summed E-state index contributed by atoms with van der Waals surface area (Å²) in [7, 11) is -3.39. The van der Waals surface area contributed by atoms with E-state index in [-0.39, 0.29) is 0 Å². The van der Waals surface area contributed by atoms with Crippen LogP contribution in [0.3, 0.4) is 0 Å². The Kier molecular flexibility index (Phi) is 6.94. The van der Waals surface area contributed by atoms with Crippen molar-refractivity contribution in [2.45, 2.75) is 90.6 Å². The van der Waals surface area contributed by atoms with Crippen molar-refractivity contribution in [3.63, 3.8) is 0 Å². The Bertz CT molecular complexity index is 220. The van der Waals surface area contributed by atoms with Gasteiger partial charge in [-0.1, -0.05) is 90.6 Å². The highest BCUT2D eigenvalue weighted by Crippen LogP contribution is 2.45. The average molecular weight is 322 g/mol. The fraction of sp³-hybridized carbons (Fsp3) is 1.00. The molecule has 0 fully saturated rings. The van der Waals surface area contributed by atoms with Gasteiger partial charge in [-0.2, -0.15) is 11.1 Å². The molecule has 1 radical (unpaired) electrons. The van der Waals surface area contributed by atoms with Crippen LogP contribution in [0.5, 0.6) is 0 Å². The molecular formula is C14H34ClSi3. The fourth-order valence-corrected chi connectivity index (χ4v) is 47.0. The monoisotopic (exact) mass is 321 g/mol. The minimum absolute atomic E-state index is 0.711. The van der Waals surface area contributed by atoms with E-state index in [1.165, 1.54) is 0 Å². The third kappa shape index (κ3) is 3.15. The second-order valence-corrected chi connectivity index (χ2v) is 31.9. The molecule has 0 saturated heterocycles. The van der Waals surface area contributed by atoms with Crippen molar-refractivity contribution >= 4 is 33.4 Å². The molecule has 0 amide bonds. The highest BCUT2D eigenvalue weighted by Gasteiger charge is 2.55. The number of rotatable bonds is 6. The molecule has 0 spiro atoms. The molecule has 0 atom stereocenters. The first-order chi connectivity index (χ1) is 7.93. The van der Waals surface area contributed by atoms with E-state index < -0.39 is 22.3 Å². The highest BCUT2D eigenvalue weighted by molar-refractivity contribution is 7.75. The van der Waals surface area contributed by atoms with E-state index in [2.05, 4.69) is 68.5 Å². The van der Waals surface area contributed by atoms with Crippen molar-refractivity contribution in [2.75, 3.05) is 0 Å². The molecule has 0 nitrogen and oxygen atoms in total. The zero-order valence-electron chi connectivity index (χ0n) is 14.2. The van der Waals surface area contributed by atoms with Gasteiger partial charge in [0.25, 0.3) is 0 Å². The number of halogens is 1. The van der Waals surface area contributed by atoms with E-state index >= 15 is 0 Å². The van der Waals surface area contributed by atoms with E-state index in [4.69, 9.17) is 11.1 Å². The first-order valence-electron chi connectivity index (χ1n) is 7.46. The molecule has 0 aromatic heterocycles. The van der Waals surface area contributed by atoms with Gasteiger partial charge in [0.05, 0.1) is 15.2 Å². The van der Waals surface area contributed by atoms with Crippen LogP contribution in [0.15, 0.2) is 0 Å². The van der Waals surface area contributed by atoms with Crippen LogP contribution in [-0.2, 0) is 0 Å². The predicted octanol–water partition coefficient (Wildman–Crippen LogP) is 6.17. The zero-order chi connectivity index (χ0) is 14.9. The lowest BCUT2D eigenvalue weighted by atomic mass is 10.5. The van der Waals surface area contributed by atoms with Crippen molar-refractivity contribution in [3.05, 3.63) is 0 Å². The summed E-state index contributed by atoms with van der Waals surface area (Å²) >= 11 is 7.30. The van der Waals surface area contributed by atoms with Gasteiger partial charge in [0, 0.05) is 0 Å². The second-order valence-electron chi connectivity index (χ2n) is 7.50. The molecular weight excluding hydrogens is 288 g/mol. The highest BCUT2D eigenvalue weighted by atomic mass is 35.6. The molecule has 109 valence electrons. The molecule has 0 aliphatic rings. The minimum Gasteiger partial charge on any atom is -0.176 e. The summed E-state index contributed by atoms with van der Waals surface area (Å²) < 4.78 is 0. The Labute approximate surface area is 124 Å². The van der Waals surface area contributed by atoms with Crippen LogP contribution in [0.25, 0.3) is 0 Å². The van der Waals surface area contributed by atoms with Crippen molar-refractivity contribution < 1.29 is 0 Å². The molecule has 0 aliphatic carbocycles. The maximum Gasteiger partial charge on any atom is 0.145 e. The van der Waals surface area contributed by atoms with Gasteiger partial charge in [-0.3, -0.25) is 0 Å². The molecule has 18 heavy (non-hydrogen) atoms. The van der Waals surface area contributed by atoms with Gasteiger partial charge in [-0.15, -0.1) is 0 Å². The SMILES string of the molecule is CC(C)[Si](C)(C(C)C)[Si](Cl)[Si](C)(C(C)C)C(C)C. The summed E-state index contributed by atoms with van der Waals surface area (Å²) in [5.41, 5.74) is 3.25. The normalized spacial score (nSPS) is 14.7. The quantitative estimate of drug-likeness (QED) is 0.405. The van der Waals surface area contributed by atoms with E-state index in [0.29, 0.717) is 0 Å². The van der Waals surface area contributed by atoms with Crippen LogP contribution < -0.4 is 0 Å². The minimum atomic E-state index is -1.34.